The molecule has 0 spiro atoms. The number of aryl methyl sites for hydroxylation is 2. The Balaban J connectivity index is 1.71. The Labute approximate surface area is 150 Å². The zero-order chi connectivity index (χ0) is 18.4. The van der Waals surface area contributed by atoms with E-state index in [0.29, 0.717) is 17.6 Å². The quantitative estimate of drug-likeness (QED) is 0.803. The number of carbonyl (C=O) groups excluding carboxylic acids is 2. The van der Waals surface area contributed by atoms with Crippen molar-refractivity contribution in [2.75, 3.05) is 13.2 Å². The molecule has 25 heavy (non-hydrogen) atoms. The molecule has 0 unspecified atom stereocenters. The summed E-state index contributed by atoms with van der Waals surface area (Å²) in [4.78, 5) is 23.8. The summed E-state index contributed by atoms with van der Waals surface area (Å²) in [5.74, 6) is 0.892. The first-order valence-electron chi connectivity index (χ1n) is 9.01. The third-order valence-electron chi connectivity index (χ3n) is 4.97. The fourth-order valence-electron chi connectivity index (χ4n) is 3.38. The number of rotatable bonds is 6. The highest BCUT2D eigenvalue weighted by Crippen LogP contribution is 2.29. The summed E-state index contributed by atoms with van der Waals surface area (Å²) in [5, 5.41) is 2.99. The molecule has 1 aromatic rings. The number of nitrogens with one attached hydrogen (secondary N) is 1. The molecule has 1 saturated carbocycles. The van der Waals surface area contributed by atoms with Gasteiger partial charge in [-0.25, -0.2) is 4.79 Å². The normalized spacial score (nSPS) is 23.0. The largest absolute Gasteiger partial charge is 0.482 e. The van der Waals surface area contributed by atoms with Gasteiger partial charge in [0, 0.05) is 6.04 Å². The molecule has 1 N–H and O–H groups in total. The Kier molecular flexibility index (Phi) is 6.85. The molecule has 3 atom stereocenters. The van der Waals surface area contributed by atoms with Gasteiger partial charge in [-0.15, -0.1) is 0 Å². The molecule has 1 amide bonds. The second-order valence-electron chi connectivity index (χ2n) is 7.21. The molecule has 0 radical (unpaired) electrons. The van der Waals surface area contributed by atoms with E-state index in [2.05, 4.69) is 19.2 Å². The summed E-state index contributed by atoms with van der Waals surface area (Å²) in [6.07, 6.45) is 3.32. The van der Waals surface area contributed by atoms with Gasteiger partial charge in [-0.2, -0.15) is 0 Å². The minimum atomic E-state index is -0.542. The van der Waals surface area contributed by atoms with Crippen LogP contribution in [-0.4, -0.2) is 31.1 Å². The minimum Gasteiger partial charge on any atom is -0.482 e. The SMILES string of the molecule is Cc1cc(C)cc(OCC(=O)OCC(=O)N[C@H]2CCC[C@H](C)[C@@H]2C)c1. The topological polar surface area (TPSA) is 64.6 Å². The van der Waals surface area contributed by atoms with Gasteiger partial charge in [-0.05, 0) is 55.4 Å². The third-order valence-corrected chi connectivity index (χ3v) is 4.97. The average Bonchev–Trinajstić information content (AvgIpc) is 2.54. The summed E-state index contributed by atoms with van der Waals surface area (Å²) >= 11 is 0. The zero-order valence-corrected chi connectivity index (χ0v) is 15.6. The van der Waals surface area contributed by atoms with Gasteiger partial charge in [-0.3, -0.25) is 4.79 Å². The van der Waals surface area contributed by atoms with Crippen LogP contribution in [0.25, 0.3) is 0 Å². The van der Waals surface area contributed by atoms with Crippen LogP contribution in [0, 0.1) is 25.7 Å². The van der Waals surface area contributed by atoms with Crippen molar-refractivity contribution < 1.29 is 19.1 Å². The van der Waals surface area contributed by atoms with E-state index in [1.54, 1.807) is 0 Å². The molecule has 0 bridgehead atoms. The minimum absolute atomic E-state index is 0.168. The Morgan fingerprint density at radius 3 is 2.44 bits per heavy atom. The van der Waals surface area contributed by atoms with Crippen LogP contribution in [0.3, 0.4) is 0 Å². The van der Waals surface area contributed by atoms with Gasteiger partial charge < -0.3 is 14.8 Å². The second kappa shape index (κ2) is 8.88. The number of benzene rings is 1. The maximum Gasteiger partial charge on any atom is 0.344 e. The van der Waals surface area contributed by atoms with Gasteiger partial charge in [0.05, 0.1) is 0 Å². The molecule has 1 aromatic carbocycles. The van der Waals surface area contributed by atoms with E-state index in [9.17, 15) is 9.59 Å². The number of ether oxygens (including phenoxy) is 2. The van der Waals surface area contributed by atoms with Gasteiger partial charge in [0.2, 0.25) is 0 Å². The molecule has 0 heterocycles. The summed E-state index contributed by atoms with van der Waals surface area (Å²) in [6, 6.07) is 5.92. The maximum atomic E-state index is 12.0. The van der Waals surface area contributed by atoms with E-state index < -0.39 is 5.97 Å². The lowest BCUT2D eigenvalue weighted by Gasteiger charge is -2.34. The number of carbonyl (C=O) groups is 2. The molecular formula is C20H29NO4. The van der Waals surface area contributed by atoms with Gasteiger partial charge in [0.25, 0.3) is 5.91 Å². The van der Waals surface area contributed by atoms with E-state index >= 15 is 0 Å². The van der Waals surface area contributed by atoms with Crippen LogP contribution < -0.4 is 10.1 Å². The highest BCUT2D eigenvalue weighted by molar-refractivity contribution is 5.81. The van der Waals surface area contributed by atoms with Crippen molar-refractivity contribution in [3.8, 4) is 5.75 Å². The fourth-order valence-corrected chi connectivity index (χ4v) is 3.38. The van der Waals surface area contributed by atoms with Crippen molar-refractivity contribution in [1.82, 2.24) is 5.32 Å². The maximum absolute atomic E-state index is 12.0. The van der Waals surface area contributed by atoms with Crippen molar-refractivity contribution in [2.24, 2.45) is 11.8 Å². The molecule has 1 fully saturated rings. The van der Waals surface area contributed by atoms with E-state index in [1.807, 2.05) is 32.0 Å². The zero-order valence-electron chi connectivity index (χ0n) is 15.6. The first-order chi connectivity index (χ1) is 11.8. The van der Waals surface area contributed by atoms with Crippen LogP contribution >= 0.6 is 0 Å². The lowest BCUT2D eigenvalue weighted by Crippen LogP contribution is -2.45. The van der Waals surface area contributed by atoms with Crippen molar-refractivity contribution in [2.45, 2.75) is 53.0 Å². The Morgan fingerprint density at radius 2 is 1.76 bits per heavy atom. The van der Waals surface area contributed by atoms with Gasteiger partial charge >= 0.3 is 5.97 Å². The first-order valence-corrected chi connectivity index (χ1v) is 9.01. The van der Waals surface area contributed by atoms with Gasteiger partial charge in [0.15, 0.2) is 13.2 Å². The summed E-state index contributed by atoms with van der Waals surface area (Å²) in [5.41, 5.74) is 2.14. The molecule has 0 aliphatic heterocycles. The molecule has 138 valence electrons. The van der Waals surface area contributed by atoms with Crippen LogP contribution in [0.15, 0.2) is 18.2 Å². The van der Waals surface area contributed by atoms with E-state index in [4.69, 9.17) is 9.47 Å². The molecule has 5 nitrogen and oxygen atoms in total. The predicted octanol–water partition coefficient (Wildman–Crippen LogP) is 3.17. The van der Waals surface area contributed by atoms with Gasteiger partial charge in [-0.1, -0.05) is 32.8 Å². The van der Waals surface area contributed by atoms with Crippen molar-refractivity contribution in [3.63, 3.8) is 0 Å². The van der Waals surface area contributed by atoms with Gasteiger partial charge in [0.1, 0.15) is 5.75 Å². The van der Waals surface area contributed by atoms with Crippen LogP contribution in [0.4, 0.5) is 0 Å². The van der Waals surface area contributed by atoms with E-state index in [-0.39, 0.29) is 25.2 Å². The third kappa shape index (κ3) is 6.07. The van der Waals surface area contributed by atoms with Crippen molar-refractivity contribution in [3.05, 3.63) is 29.3 Å². The number of amides is 1. The Morgan fingerprint density at radius 1 is 1.08 bits per heavy atom. The Bertz CT molecular complexity index is 593. The molecule has 0 saturated heterocycles. The van der Waals surface area contributed by atoms with Crippen LogP contribution in [0.5, 0.6) is 5.75 Å². The highest BCUT2D eigenvalue weighted by atomic mass is 16.6. The molecule has 1 aliphatic carbocycles. The molecule has 0 aromatic heterocycles. The van der Waals surface area contributed by atoms with Crippen molar-refractivity contribution in [1.29, 1.82) is 0 Å². The summed E-state index contributed by atoms with van der Waals surface area (Å²) in [6.45, 7) is 7.86. The van der Waals surface area contributed by atoms with Crippen LogP contribution in [0.2, 0.25) is 0 Å². The standard InChI is InChI=1S/C20H29NO4/c1-13-8-14(2)10-17(9-13)24-12-20(23)25-11-19(22)21-18-7-5-6-15(3)16(18)4/h8-10,15-16,18H,5-7,11-12H2,1-4H3,(H,21,22)/t15-,16-,18-/m0/s1. The smallest absolute Gasteiger partial charge is 0.344 e. The summed E-state index contributed by atoms with van der Waals surface area (Å²) in [7, 11) is 0. The number of hydrogen-bond donors (Lipinski definition) is 1. The van der Waals surface area contributed by atoms with E-state index in [1.165, 1.54) is 6.42 Å². The first kappa shape index (κ1) is 19.3. The lowest BCUT2D eigenvalue weighted by molar-refractivity contribution is -0.150. The number of esters is 1. The average molecular weight is 347 g/mol. The molecular weight excluding hydrogens is 318 g/mol. The second-order valence-corrected chi connectivity index (χ2v) is 7.21. The Hall–Kier alpha value is -2.04. The van der Waals surface area contributed by atoms with Crippen LogP contribution in [-0.2, 0) is 14.3 Å². The molecule has 1 aliphatic rings. The summed E-state index contributed by atoms with van der Waals surface area (Å²) < 4.78 is 10.5. The fraction of sp³-hybridized carbons (Fsp3) is 0.600. The lowest BCUT2D eigenvalue weighted by atomic mass is 9.78. The van der Waals surface area contributed by atoms with E-state index in [0.717, 1.165) is 24.0 Å². The van der Waals surface area contributed by atoms with Crippen molar-refractivity contribution >= 4 is 11.9 Å². The molecule has 2 rings (SSSR count). The number of hydrogen-bond acceptors (Lipinski definition) is 4. The highest BCUT2D eigenvalue weighted by Gasteiger charge is 2.28. The van der Waals surface area contributed by atoms with Crippen LogP contribution in [0.1, 0.15) is 44.2 Å². The predicted molar refractivity (Wildman–Crippen MR) is 96.5 cm³/mol. The monoisotopic (exact) mass is 347 g/mol. The molecule has 5 heteroatoms.